The van der Waals surface area contributed by atoms with Crippen molar-refractivity contribution >= 4 is 29.1 Å². The monoisotopic (exact) mass is 379 g/mol. The van der Waals surface area contributed by atoms with E-state index in [9.17, 15) is 4.79 Å². The van der Waals surface area contributed by atoms with E-state index in [0.29, 0.717) is 17.1 Å². The molecule has 2 aromatic carbocycles. The van der Waals surface area contributed by atoms with E-state index in [4.69, 9.17) is 27.9 Å². The number of methoxy groups -OCH3 is 1. The van der Waals surface area contributed by atoms with Crippen molar-refractivity contribution in [2.24, 2.45) is 0 Å². The molecule has 2 aromatic rings. The summed E-state index contributed by atoms with van der Waals surface area (Å²) in [5, 5.41) is 3.68. The number of halogens is 2. The van der Waals surface area contributed by atoms with Gasteiger partial charge in [-0.3, -0.25) is 4.79 Å². The Labute approximate surface area is 159 Å². The number of carbonyl (C=O) groups is 1. The normalized spacial score (nSPS) is 11.2. The van der Waals surface area contributed by atoms with Crippen LogP contribution in [0.5, 0.6) is 5.75 Å². The van der Waals surface area contributed by atoms with E-state index in [2.05, 4.69) is 31.3 Å². The molecular weight excluding hydrogens is 357 g/mol. The maximum atomic E-state index is 12.6. The van der Waals surface area contributed by atoms with Gasteiger partial charge in [-0.05, 0) is 42.7 Å². The van der Waals surface area contributed by atoms with Gasteiger partial charge in [-0.15, -0.1) is 0 Å². The Balaban J connectivity index is 2.20. The van der Waals surface area contributed by atoms with Crippen molar-refractivity contribution in [3.63, 3.8) is 0 Å². The number of hydrogen-bond donors (Lipinski definition) is 1. The molecule has 1 N–H and O–H groups in total. The lowest BCUT2D eigenvalue weighted by Gasteiger charge is -2.33. The summed E-state index contributed by atoms with van der Waals surface area (Å²) in [5.74, 6) is 0.604. The first kappa shape index (κ1) is 19.6. The summed E-state index contributed by atoms with van der Waals surface area (Å²) in [6, 6.07) is 13.1. The molecule has 0 aromatic heterocycles. The smallest absolute Gasteiger partial charge is 0.252 e. The van der Waals surface area contributed by atoms with Crippen molar-refractivity contribution in [2.75, 3.05) is 13.7 Å². The average molecular weight is 380 g/mol. The van der Waals surface area contributed by atoms with Crippen molar-refractivity contribution in [1.29, 1.82) is 0 Å². The third-order valence-corrected chi connectivity index (χ3v) is 5.66. The van der Waals surface area contributed by atoms with Crippen LogP contribution >= 0.6 is 23.2 Å². The summed E-state index contributed by atoms with van der Waals surface area (Å²) in [7, 11) is 1.65. The summed E-state index contributed by atoms with van der Waals surface area (Å²) in [4.78, 5) is 12.6. The Kier molecular flexibility index (Phi) is 6.74. The molecular formula is C20H23Cl2NO2. The molecule has 0 bridgehead atoms. The summed E-state index contributed by atoms with van der Waals surface area (Å²) in [6.07, 6.45) is 1.80. The average Bonchev–Trinajstić information content (AvgIpc) is 2.65. The fourth-order valence-electron chi connectivity index (χ4n) is 2.98. The first-order valence-corrected chi connectivity index (χ1v) is 9.09. The van der Waals surface area contributed by atoms with Crippen molar-refractivity contribution in [3.05, 3.63) is 63.6 Å². The van der Waals surface area contributed by atoms with E-state index in [0.717, 1.165) is 18.6 Å². The zero-order valence-corrected chi connectivity index (χ0v) is 16.2. The van der Waals surface area contributed by atoms with Gasteiger partial charge in [0, 0.05) is 12.0 Å². The Morgan fingerprint density at radius 3 is 2.28 bits per heavy atom. The molecule has 5 heteroatoms. The molecule has 0 saturated carbocycles. The van der Waals surface area contributed by atoms with Gasteiger partial charge in [-0.25, -0.2) is 0 Å². The van der Waals surface area contributed by atoms with Crippen molar-refractivity contribution < 1.29 is 9.53 Å². The molecule has 0 aliphatic rings. The van der Waals surface area contributed by atoms with Gasteiger partial charge in [0.15, 0.2) is 0 Å². The minimum atomic E-state index is -0.215. The minimum Gasteiger partial charge on any atom is -0.497 e. The lowest BCUT2D eigenvalue weighted by molar-refractivity contribution is 0.0941. The van der Waals surface area contributed by atoms with Crippen LogP contribution in [0.4, 0.5) is 0 Å². The van der Waals surface area contributed by atoms with Gasteiger partial charge in [0.2, 0.25) is 0 Å². The topological polar surface area (TPSA) is 38.3 Å². The fraction of sp³-hybridized carbons (Fsp3) is 0.350. The van der Waals surface area contributed by atoms with E-state index in [1.165, 1.54) is 5.56 Å². The van der Waals surface area contributed by atoms with Gasteiger partial charge >= 0.3 is 0 Å². The highest BCUT2D eigenvalue weighted by molar-refractivity contribution is 6.43. The van der Waals surface area contributed by atoms with Gasteiger partial charge in [0.1, 0.15) is 5.75 Å². The maximum Gasteiger partial charge on any atom is 0.252 e. The Bertz CT molecular complexity index is 725. The van der Waals surface area contributed by atoms with Crippen LogP contribution < -0.4 is 10.1 Å². The van der Waals surface area contributed by atoms with E-state index < -0.39 is 0 Å². The standard InChI is InChI=1S/C20H23Cl2NO2/c1-4-20(5-2,14-9-11-15(25-3)12-10-14)13-23-19(24)16-7-6-8-17(21)18(16)22/h6-12H,4-5,13H2,1-3H3,(H,23,24). The molecule has 1 amide bonds. The molecule has 0 fully saturated rings. The molecule has 0 radical (unpaired) electrons. The highest BCUT2D eigenvalue weighted by Crippen LogP contribution is 2.32. The Morgan fingerprint density at radius 2 is 1.72 bits per heavy atom. The minimum absolute atomic E-state index is 0.146. The molecule has 134 valence electrons. The second-order valence-electron chi connectivity index (χ2n) is 6.00. The Morgan fingerprint density at radius 1 is 1.08 bits per heavy atom. The third kappa shape index (κ3) is 4.28. The van der Waals surface area contributed by atoms with Crippen molar-refractivity contribution in [3.8, 4) is 5.75 Å². The predicted octanol–water partition coefficient (Wildman–Crippen LogP) is 5.49. The second kappa shape index (κ2) is 8.59. The Hall–Kier alpha value is -1.71. The number of carbonyl (C=O) groups excluding carboxylic acids is 1. The molecule has 0 saturated heterocycles. The molecule has 0 aliphatic heterocycles. The van der Waals surface area contributed by atoms with Gasteiger partial charge < -0.3 is 10.1 Å². The molecule has 25 heavy (non-hydrogen) atoms. The molecule has 0 atom stereocenters. The summed E-state index contributed by atoms with van der Waals surface area (Å²) < 4.78 is 5.23. The number of benzene rings is 2. The number of nitrogens with one attached hydrogen (secondary N) is 1. The summed E-state index contributed by atoms with van der Waals surface area (Å²) in [5.41, 5.74) is 1.42. The van der Waals surface area contributed by atoms with Crippen LogP contribution in [0, 0.1) is 0 Å². The summed E-state index contributed by atoms with van der Waals surface area (Å²) >= 11 is 12.2. The third-order valence-electron chi connectivity index (χ3n) is 4.84. The van der Waals surface area contributed by atoms with E-state index in [1.807, 2.05) is 12.1 Å². The number of ether oxygens (including phenoxy) is 1. The van der Waals surface area contributed by atoms with Crippen LogP contribution in [-0.2, 0) is 5.41 Å². The molecule has 2 rings (SSSR count). The SMILES string of the molecule is CCC(CC)(CNC(=O)c1cccc(Cl)c1Cl)c1ccc(OC)cc1. The maximum absolute atomic E-state index is 12.6. The number of hydrogen-bond acceptors (Lipinski definition) is 2. The van der Waals surface area contributed by atoms with Gasteiger partial charge in [-0.2, -0.15) is 0 Å². The molecule has 0 aliphatic carbocycles. The highest BCUT2D eigenvalue weighted by atomic mass is 35.5. The van der Waals surface area contributed by atoms with Gasteiger partial charge in [0.25, 0.3) is 5.91 Å². The first-order chi connectivity index (χ1) is 12.0. The van der Waals surface area contributed by atoms with Gasteiger partial charge in [-0.1, -0.05) is 55.2 Å². The molecule has 0 heterocycles. The number of amides is 1. The van der Waals surface area contributed by atoms with Crippen LogP contribution in [0.2, 0.25) is 10.0 Å². The van der Waals surface area contributed by atoms with Crippen LogP contribution in [0.1, 0.15) is 42.6 Å². The number of rotatable bonds is 7. The predicted molar refractivity (Wildman–Crippen MR) is 104 cm³/mol. The van der Waals surface area contributed by atoms with E-state index in [1.54, 1.807) is 25.3 Å². The van der Waals surface area contributed by atoms with Crippen molar-refractivity contribution in [1.82, 2.24) is 5.32 Å². The van der Waals surface area contributed by atoms with Crippen LogP contribution in [-0.4, -0.2) is 19.6 Å². The zero-order valence-electron chi connectivity index (χ0n) is 14.7. The zero-order chi connectivity index (χ0) is 18.4. The second-order valence-corrected chi connectivity index (χ2v) is 6.79. The van der Waals surface area contributed by atoms with E-state index in [-0.39, 0.29) is 16.3 Å². The van der Waals surface area contributed by atoms with Crippen LogP contribution in [0.25, 0.3) is 0 Å². The fourth-order valence-corrected chi connectivity index (χ4v) is 3.37. The van der Waals surface area contributed by atoms with Crippen LogP contribution in [0.3, 0.4) is 0 Å². The molecule has 0 spiro atoms. The van der Waals surface area contributed by atoms with E-state index >= 15 is 0 Å². The molecule has 3 nitrogen and oxygen atoms in total. The lowest BCUT2D eigenvalue weighted by Crippen LogP contribution is -2.40. The lowest BCUT2D eigenvalue weighted by atomic mass is 9.75. The van der Waals surface area contributed by atoms with Gasteiger partial charge in [0.05, 0.1) is 22.7 Å². The summed E-state index contributed by atoms with van der Waals surface area (Å²) in [6.45, 7) is 4.78. The van der Waals surface area contributed by atoms with Crippen LogP contribution in [0.15, 0.2) is 42.5 Å². The largest absolute Gasteiger partial charge is 0.497 e. The highest BCUT2D eigenvalue weighted by Gasteiger charge is 2.29. The van der Waals surface area contributed by atoms with Crippen molar-refractivity contribution in [2.45, 2.75) is 32.1 Å². The first-order valence-electron chi connectivity index (χ1n) is 8.34. The molecule has 0 unspecified atom stereocenters. The quantitative estimate of drug-likeness (QED) is 0.690.